The van der Waals surface area contributed by atoms with Crippen molar-refractivity contribution in [2.45, 2.75) is 32.6 Å². The second kappa shape index (κ2) is 7.77. The van der Waals surface area contributed by atoms with Gasteiger partial charge in [0.2, 0.25) is 5.91 Å². The average Bonchev–Trinajstić information content (AvgIpc) is 2.99. The van der Waals surface area contributed by atoms with Crippen molar-refractivity contribution in [3.05, 3.63) is 60.4 Å². The number of fused-ring (bicyclic) bond motifs is 1. The molecule has 0 aliphatic carbocycles. The molecule has 0 radical (unpaired) electrons. The number of nitrogens with one attached hydrogen (secondary N) is 1. The molecule has 0 unspecified atom stereocenters. The second-order valence-corrected chi connectivity index (χ2v) is 5.89. The van der Waals surface area contributed by atoms with Gasteiger partial charge in [0.05, 0.1) is 11.0 Å². The van der Waals surface area contributed by atoms with Gasteiger partial charge in [-0.15, -0.1) is 0 Å². The van der Waals surface area contributed by atoms with Crippen molar-refractivity contribution < 1.29 is 4.79 Å². The highest BCUT2D eigenvalue weighted by molar-refractivity contribution is 5.79. The van der Waals surface area contributed by atoms with Gasteiger partial charge in [-0.05, 0) is 30.7 Å². The molecule has 1 amide bonds. The van der Waals surface area contributed by atoms with E-state index in [0.29, 0.717) is 12.8 Å². The summed E-state index contributed by atoms with van der Waals surface area (Å²) in [6, 6.07) is 18.3. The molecular formula is C20H23N3O. The van der Waals surface area contributed by atoms with E-state index in [1.165, 1.54) is 0 Å². The van der Waals surface area contributed by atoms with Crippen molar-refractivity contribution in [1.82, 2.24) is 14.9 Å². The lowest BCUT2D eigenvalue weighted by Gasteiger charge is -2.09. The van der Waals surface area contributed by atoms with Crippen molar-refractivity contribution in [1.29, 1.82) is 0 Å². The zero-order valence-corrected chi connectivity index (χ0v) is 14.0. The number of aromatic nitrogens is 2. The zero-order valence-electron chi connectivity index (χ0n) is 14.0. The van der Waals surface area contributed by atoms with E-state index >= 15 is 0 Å². The molecule has 1 aromatic heterocycles. The van der Waals surface area contributed by atoms with Crippen LogP contribution in [-0.4, -0.2) is 22.0 Å². The Morgan fingerprint density at radius 1 is 1.08 bits per heavy atom. The van der Waals surface area contributed by atoms with Crippen LogP contribution in [0.25, 0.3) is 16.7 Å². The molecule has 2 aromatic carbocycles. The Hall–Kier alpha value is -2.62. The number of imidazole rings is 1. The minimum absolute atomic E-state index is 0.0927. The van der Waals surface area contributed by atoms with Gasteiger partial charge in [0.15, 0.2) is 0 Å². The van der Waals surface area contributed by atoms with E-state index in [0.717, 1.165) is 41.9 Å². The quantitative estimate of drug-likeness (QED) is 0.671. The summed E-state index contributed by atoms with van der Waals surface area (Å²) in [7, 11) is 0. The molecule has 0 saturated heterocycles. The largest absolute Gasteiger partial charge is 0.356 e. The summed E-state index contributed by atoms with van der Waals surface area (Å²) >= 11 is 0. The van der Waals surface area contributed by atoms with Gasteiger partial charge in [-0.1, -0.05) is 43.7 Å². The lowest BCUT2D eigenvalue weighted by molar-refractivity contribution is -0.121. The van der Waals surface area contributed by atoms with Crippen LogP contribution in [0.3, 0.4) is 0 Å². The fourth-order valence-corrected chi connectivity index (χ4v) is 2.83. The van der Waals surface area contributed by atoms with Gasteiger partial charge in [-0.3, -0.25) is 9.36 Å². The molecule has 1 heterocycles. The predicted molar refractivity (Wildman–Crippen MR) is 97.3 cm³/mol. The van der Waals surface area contributed by atoms with E-state index in [-0.39, 0.29) is 5.91 Å². The van der Waals surface area contributed by atoms with E-state index < -0.39 is 0 Å². The zero-order chi connectivity index (χ0) is 16.8. The van der Waals surface area contributed by atoms with Gasteiger partial charge in [-0.25, -0.2) is 4.98 Å². The first-order chi connectivity index (χ1) is 11.8. The van der Waals surface area contributed by atoms with Gasteiger partial charge in [0, 0.05) is 25.1 Å². The van der Waals surface area contributed by atoms with E-state index in [1.807, 2.05) is 36.4 Å². The maximum absolute atomic E-state index is 12.0. The van der Waals surface area contributed by atoms with Gasteiger partial charge >= 0.3 is 0 Å². The molecule has 3 aromatic rings. The van der Waals surface area contributed by atoms with Gasteiger partial charge < -0.3 is 5.32 Å². The lowest BCUT2D eigenvalue weighted by atomic mass is 10.2. The summed E-state index contributed by atoms with van der Waals surface area (Å²) in [4.78, 5) is 16.7. The fourth-order valence-electron chi connectivity index (χ4n) is 2.83. The van der Waals surface area contributed by atoms with Crippen LogP contribution in [-0.2, 0) is 11.2 Å². The lowest BCUT2D eigenvalue weighted by Crippen LogP contribution is -2.24. The summed E-state index contributed by atoms with van der Waals surface area (Å²) in [5, 5.41) is 2.97. The van der Waals surface area contributed by atoms with E-state index in [2.05, 4.69) is 35.0 Å². The number of rotatable bonds is 7. The average molecular weight is 321 g/mol. The number of carbonyl (C=O) groups is 1. The van der Waals surface area contributed by atoms with Gasteiger partial charge in [-0.2, -0.15) is 0 Å². The molecule has 0 aliphatic rings. The standard InChI is InChI=1S/C20H23N3O/c1-2-3-15-21-20(24)14-13-19-22-17-11-7-8-12-18(17)23(19)16-9-5-4-6-10-16/h4-12H,2-3,13-15H2,1H3,(H,21,24). The molecule has 0 saturated carbocycles. The van der Waals surface area contributed by atoms with Crippen molar-refractivity contribution in [2.75, 3.05) is 6.54 Å². The minimum atomic E-state index is 0.0927. The monoisotopic (exact) mass is 321 g/mol. The van der Waals surface area contributed by atoms with Crippen LogP contribution in [0.4, 0.5) is 0 Å². The number of aryl methyl sites for hydroxylation is 1. The molecule has 124 valence electrons. The topological polar surface area (TPSA) is 46.9 Å². The number of amides is 1. The molecule has 24 heavy (non-hydrogen) atoms. The number of hydrogen-bond acceptors (Lipinski definition) is 2. The Labute approximate surface area is 142 Å². The summed E-state index contributed by atoms with van der Waals surface area (Å²) < 4.78 is 2.15. The predicted octanol–water partition coefficient (Wildman–Crippen LogP) is 3.87. The minimum Gasteiger partial charge on any atom is -0.356 e. The third-order valence-electron chi connectivity index (χ3n) is 4.07. The maximum Gasteiger partial charge on any atom is 0.220 e. The first-order valence-electron chi connectivity index (χ1n) is 8.58. The number of carbonyl (C=O) groups excluding carboxylic acids is 1. The summed E-state index contributed by atoms with van der Waals surface area (Å²) in [6.07, 6.45) is 3.19. The smallest absolute Gasteiger partial charge is 0.220 e. The highest BCUT2D eigenvalue weighted by Gasteiger charge is 2.13. The maximum atomic E-state index is 12.0. The Balaban J connectivity index is 1.84. The number of para-hydroxylation sites is 3. The van der Waals surface area contributed by atoms with Crippen molar-refractivity contribution in [2.24, 2.45) is 0 Å². The van der Waals surface area contributed by atoms with Crippen LogP contribution in [0, 0.1) is 0 Å². The number of hydrogen-bond donors (Lipinski definition) is 1. The second-order valence-electron chi connectivity index (χ2n) is 5.89. The molecule has 0 fully saturated rings. The van der Waals surface area contributed by atoms with Crippen LogP contribution in [0.15, 0.2) is 54.6 Å². The molecule has 4 nitrogen and oxygen atoms in total. The van der Waals surface area contributed by atoms with Crippen molar-refractivity contribution in [3.8, 4) is 5.69 Å². The Morgan fingerprint density at radius 3 is 2.62 bits per heavy atom. The van der Waals surface area contributed by atoms with Gasteiger partial charge in [0.25, 0.3) is 0 Å². The molecule has 0 atom stereocenters. The van der Waals surface area contributed by atoms with Crippen LogP contribution in [0.2, 0.25) is 0 Å². The van der Waals surface area contributed by atoms with E-state index in [9.17, 15) is 4.79 Å². The van der Waals surface area contributed by atoms with Crippen molar-refractivity contribution in [3.63, 3.8) is 0 Å². The third kappa shape index (κ3) is 3.65. The molecular weight excluding hydrogens is 298 g/mol. The molecule has 3 rings (SSSR count). The molecule has 1 N–H and O–H groups in total. The number of benzene rings is 2. The van der Waals surface area contributed by atoms with Crippen molar-refractivity contribution >= 4 is 16.9 Å². The summed E-state index contributed by atoms with van der Waals surface area (Å²) in [5.74, 6) is 1.02. The molecule has 0 bridgehead atoms. The third-order valence-corrected chi connectivity index (χ3v) is 4.07. The van der Waals surface area contributed by atoms with E-state index in [1.54, 1.807) is 0 Å². The normalized spacial score (nSPS) is 10.9. The first kappa shape index (κ1) is 16.2. The highest BCUT2D eigenvalue weighted by atomic mass is 16.1. The van der Waals surface area contributed by atoms with Crippen LogP contribution < -0.4 is 5.32 Å². The SMILES string of the molecule is CCCCNC(=O)CCc1nc2ccccc2n1-c1ccccc1. The van der Waals surface area contributed by atoms with Crippen LogP contribution in [0.5, 0.6) is 0 Å². The number of unbranched alkanes of at least 4 members (excludes halogenated alkanes) is 1. The molecule has 0 spiro atoms. The summed E-state index contributed by atoms with van der Waals surface area (Å²) in [5.41, 5.74) is 3.11. The molecule has 4 heteroatoms. The summed E-state index contributed by atoms with van der Waals surface area (Å²) in [6.45, 7) is 2.87. The van der Waals surface area contributed by atoms with E-state index in [4.69, 9.17) is 4.98 Å². The fraction of sp³-hybridized carbons (Fsp3) is 0.300. The molecule has 0 aliphatic heterocycles. The Kier molecular flexibility index (Phi) is 5.26. The van der Waals surface area contributed by atoms with Gasteiger partial charge in [0.1, 0.15) is 5.82 Å². The number of nitrogens with zero attached hydrogens (tertiary/aromatic N) is 2. The Bertz CT molecular complexity index is 808. The highest BCUT2D eigenvalue weighted by Crippen LogP contribution is 2.22. The van der Waals surface area contributed by atoms with Crippen LogP contribution >= 0.6 is 0 Å². The first-order valence-corrected chi connectivity index (χ1v) is 8.58. The van der Waals surface area contributed by atoms with Crippen LogP contribution in [0.1, 0.15) is 32.0 Å². The Morgan fingerprint density at radius 2 is 1.83 bits per heavy atom.